The largest absolute Gasteiger partial charge is 2.00 e. The molecule has 0 heterocycles. The van der Waals surface area contributed by atoms with Crippen molar-refractivity contribution in [2.75, 3.05) is 0 Å². The molecule has 2 unspecified atom stereocenters. The molecule has 2 aliphatic carbocycles. The van der Waals surface area contributed by atoms with Gasteiger partial charge in [-0.3, -0.25) is 12.2 Å². The van der Waals surface area contributed by atoms with Gasteiger partial charge in [0.1, 0.15) is 0 Å². The number of halogens is 2. The zero-order valence-electron chi connectivity index (χ0n) is 20.5. The number of allylic oxidation sites excluding steroid dienone is 8. The van der Waals surface area contributed by atoms with E-state index in [0.29, 0.717) is 10.8 Å². The molecule has 2 rings (SSSR count). The van der Waals surface area contributed by atoms with Gasteiger partial charge in [-0.15, -0.1) is 37.7 Å². The first-order valence-corrected chi connectivity index (χ1v) is 10.4. The van der Waals surface area contributed by atoms with E-state index in [-0.39, 0.29) is 61.8 Å². The third-order valence-corrected chi connectivity index (χ3v) is 7.30. The van der Waals surface area contributed by atoms with Gasteiger partial charge in [0.05, 0.1) is 0 Å². The minimum atomic E-state index is 0. The van der Waals surface area contributed by atoms with E-state index < -0.39 is 0 Å². The number of rotatable bonds is 4. The average molecular weight is 519 g/mol. The van der Waals surface area contributed by atoms with Crippen LogP contribution < -0.4 is 0 Å². The SMILES string of the molecule is CCC(C)(C1=[C-]CC=C1)C(C)(C)C.CCC(C)(C1=[C-]CC=C1)C(C)(C)C.Cl.Cl.[Zr+2]. The summed E-state index contributed by atoms with van der Waals surface area (Å²) in [4.78, 5) is 0. The summed E-state index contributed by atoms with van der Waals surface area (Å²) in [6.07, 6.45) is 20.2. The van der Waals surface area contributed by atoms with E-state index in [9.17, 15) is 0 Å². The minimum absolute atomic E-state index is 0. The summed E-state index contributed by atoms with van der Waals surface area (Å²) in [5, 5.41) is 0. The summed E-state index contributed by atoms with van der Waals surface area (Å²) in [6, 6.07) is 0. The second kappa shape index (κ2) is 13.1. The molecule has 0 aromatic carbocycles. The van der Waals surface area contributed by atoms with Crippen molar-refractivity contribution < 1.29 is 26.2 Å². The van der Waals surface area contributed by atoms with Gasteiger partial charge in [-0.2, -0.15) is 12.2 Å². The molecule has 166 valence electrons. The standard InChI is InChI=1S/2C13H21.2ClH.Zr/c2*1-6-13(5,12(2,3)4)11-9-7-8-10-11;;;/h2*7,9H,6,8H2,1-5H3;2*1H;/q2*-1;;;+2. The van der Waals surface area contributed by atoms with Crippen LogP contribution in [-0.4, -0.2) is 0 Å². The summed E-state index contributed by atoms with van der Waals surface area (Å²) < 4.78 is 0. The monoisotopic (exact) mass is 516 g/mol. The number of hydrogen-bond acceptors (Lipinski definition) is 0. The molecule has 0 N–H and O–H groups in total. The Morgan fingerprint density at radius 2 is 0.931 bits per heavy atom. The van der Waals surface area contributed by atoms with E-state index in [1.165, 1.54) is 24.0 Å². The molecule has 0 radical (unpaired) electrons. The van der Waals surface area contributed by atoms with E-state index in [2.05, 4.69) is 106 Å². The average Bonchev–Trinajstić information content (AvgIpc) is 3.24. The Hall–Kier alpha value is 0.423. The molecule has 2 atom stereocenters. The first-order valence-electron chi connectivity index (χ1n) is 10.4. The third-order valence-electron chi connectivity index (χ3n) is 7.30. The zero-order chi connectivity index (χ0) is 20.2. The van der Waals surface area contributed by atoms with E-state index >= 15 is 0 Å². The summed E-state index contributed by atoms with van der Waals surface area (Å²) >= 11 is 0. The second-order valence-corrected chi connectivity index (χ2v) is 10.3. The van der Waals surface area contributed by atoms with E-state index in [1.807, 2.05) is 0 Å². The maximum absolute atomic E-state index is 3.46. The van der Waals surface area contributed by atoms with Gasteiger partial charge in [-0.1, -0.05) is 69.2 Å². The van der Waals surface area contributed by atoms with Gasteiger partial charge in [0.25, 0.3) is 0 Å². The maximum atomic E-state index is 3.46. The Bertz CT molecular complexity index is 545. The molecule has 0 amide bonds. The molecule has 0 bridgehead atoms. The van der Waals surface area contributed by atoms with Gasteiger partial charge >= 0.3 is 26.2 Å². The predicted octanol–water partition coefficient (Wildman–Crippen LogP) is 9.12. The van der Waals surface area contributed by atoms with Gasteiger partial charge in [-0.05, 0) is 34.5 Å². The van der Waals surface area contributed by atoms with Gasteiger partial charge < -0.3 is 0 Å². The van der Waals surface area contributed by atoms with Crippen molar-refractivity contribution in [3.63, 3.8) is 0 Å². The third kappa shape index (κ3) is 7.81. The second-order valence-electron chi connectivity index (χ2n) is 10.3. The maximum Gasteiger partial charge on any atom is 2.00 e. The Kier molecular flexibility index (Phi) is 15.4. The Morgan fingerprint density at radius 1 is 0.655 bits per heavy atom. The van der Waals surface area contributed by atoms with E-state index in [1.54, 1.807) is 0 Å². The smallest absolute Gasteiger partial charge is 0.269 e. The molecule has 3 heteroatoms. The molecule has 0 saturated heterocycles. The van der Waals surface area contributed by atoms with Crippen molar-refractivity contribution in [2.45, 2.75) is 94.9 Å². The van der Waals surface area contributed by atoms with Crippen molar-refractivity contribution in [3.05, 3.63) is 47.6 Å². The fourth-order valence-electron chi connectivity index (χ4n) is 3.82. The van der Waals surface area contributed by atoms with Gasteiger partial charge in [0.15, 0.2) is 0 Å². The Balaban J connectivity index is -0.000000422. The van der Waals surface area contributed by atoms with Gasteiger partial charge in [0.2, 0.25) is 0 Å². The first-order chi connectivity index (χ1) is 11.8. The topological polar surface area (TPSA) is 0 Å². The first kappa shape index (κ1) is 34.0. The molecule has 0 aromatic heterocycles. The zero-order valence-corrected chi connectivity index (χ0v) is 24.5. The van der Waals surface area contributed by atoms with Crippen LogP contribution in [0.4, 0.5) is 0 Å². The van der Waals surface area contributed by atoms with Crippen molar-refractivity contribution in [2.24, 2.45) is 21.7 Å². The van der Waals surface area contributed by atoms with Crippen molar-refractivity contribution in [3.8, 4) is 0 Å². The summed E-state index contributed by atoms with van der Waals surface area (Å²) in [5.74, 6) is 0. The molecular weight excluding hydrogens is 474 g/mol. The van der Waals surface area contributed by atoms with Crippen molar-refractivity contribution in [1.29, 1.82) is 0 Å². The molecule has 0 nitrogen and oxygen atoms in total. The molecule has 29 heavy (non-hydrogen) atoms. The van der Waals surface area contributed by atoms with Crippen LogP contribution in [-0.2, 0) is 26.2 Å². The van der Waals surface area contributed by atoms with Crippen LogP contribution in [0.5, 0.6) is 0 Å². The Morgan fingerprint density at radius 3 is 1.07 bits per heavy atom. The van der Waals surface area contributed by atoms with Crippen molar-refractivity contribution in [1.82, 2.24) is 0 Å². The van der Waals surface area contributed by atoms with Crippen LogP contribution in [0.2, 0.25) is 0 Å². The van der Waals surface area contributed by atoms with Gasteiger partial charge in [-0.25, -0.2) is 23.3 Å². The summed E-state index contributed by atoms with van der Waals surface area (Å²) in [6.45, 7) is 23.1. The molecule has 2 aliphatic rings. The van der Waals surface area contributed by atoms with Crippen LogP contribution in [0.3, 0.4) is 0 Å². The summed E-state index contributed by atoms with van der Waals surface area (Å²) in [5.41, 5.74) is 4.00. The molecular formula is C26H44Cl2Zr. The van der Waals surface area contributed by atoms with Crippen LogP contribution in [0, 0.1) is 33.8 Å². The van der Waals surface area contributed by atoms with E-state index in [0.717, 1.165) is 12.8 Å². The van der Waals surface area contributed by atoms with Crippen LogP contribution in [0.25, 0.3) is 0 Å². The molecule has 0 saturated carbocycles. The van der Waals surface area contributed by atoms with E-state index in [4.69, 9.17) is 0 Å². The van der Waals surface area contributed by atoms with Crippen LogP contribution >= 0.6 is 24.8 Å². The quantitative estimate of drug-likeness (QED) is 0.326. The fraction of sp³-hybridized carbons (Fsp3) is 0.692. The van der Waals surface area contributed by atoms with Gasteiger partial charge in [0, 0.05) is 0 Å². The molecule has 0 aromatic rings. The molecule has 0 aliphatic heterocycles. The predicted molar refractivity (Wildman–Crippen MR) is 131 cm³/mol. The summed E-state index contributed by atoms with van der Waals surface area (Å²) in [7, 11) is 0. The van der Waals surface area contributed by atoms with Crippen LogP contribution in [0.1, 0.15) is 94.9 Å². The molecule has 0 spiro atoms. The number of hydrogen-bond donors (Lipinski definition) is 0. The normalized spacial score (nSPS) is 19.2. The van der Waals surface area contributed by atoms with Crippen LogP contribution in [0.15, 0.2) is 35.5 Å². The Labute approximate surface area is 214 Å². The van der Waals surface area contributed by atoms with Crippen molar-refractivity contribution >= 4 is 24.8 Å². The fourth-order valence-corrected chi connectivity index (χ4v) is 3.82. The minimum Gasteiger partial charge on any atom is -0.269 e. The molecule has 0 fully saturated rings.